The molecule has 0 bridgehead atoms. The van der Waals surface area contributed by atoms with Crippen LogP contribution in [0.25, 0.3) is 0 Å². The Labute approximate surface area is 140 Å². The summed E-state index contributed by atoms with van der Waals surface area (Å²) in [5.41, 5.74) is 0.127. The number of hydrogen-bond donors (Lipinski definition) is 2. The van der Waals surface area contributed by atoms with Gasteiger partial charge in [0, 0.05) is 24.6 Å². The molecule has 0 spiro atoms. The van der Waals surface area contributed by atoms with E-state index in [0.717, 1.165) is 0 Å². The lowest BCUT2D eigenvalue weighted by atomic mass is 10.2. The number of benzene rings is 1. The maximum atomic E-state index is 12.2. The highest BCUT2D eigenvalue weighted by Crippen LogP contribution is 2.14. The molecule has 10 heteroatoms. The average molecular weight is 371 g/mol. The Morgan fingerprint density at radius 3 is 2.75 bits per heavy atom. The Kier molecular flexibility index (Phi) is 5.58. The van der Waals surface area contributed by atoms with Crippen LogP contribution in [0.2, 0.25) is 0 Å². The first-order valence-corrected chi connectivity index (χ1v) is 10.5. The van der Waals surface area contributed by atoms with E-state index in [-0.39, 0.29) is 34.9 Å². The average Bonchev–Trinajstić information content (AvgIpc) is 2.86. The molecule has 0 unspecified atom stereocenters. The summed E-state index contributed by atoms with van der Waals surface area (Å²) in [6, 6.07) is 6.80. The molecule has 1 aromatic carbocycles. The van der Waals surface area contributed by atoms with Crippen molar-refractivity contribution >= 4 is 25.8 Å². The van der Waals surface area contributed by atoms with E-state index in [0.29, 0.717) is 6.42 Å². The van der Waals surface area contributed by atoms with Crippen molar-refractivity contribution in [2.45, 2.75) is 23.8 Å². The highest BCUT2D eigenvalue weighted by Gasteiger charge is 2.29. The minimum atomic E-state index is -3.81. The minimum absolute atomic E-state index is 0.0187. The van der Waals surface area contributed by atoms with Crippen LogP contribution >= 0.6 is 0 Å². The Morgan fingerprint density at radius 1 is 1.38 bits per heavy atom. The van der Waals surface area contributed by atoms with Crippen molar-refractivity contribution in [3.8, 4) is 6.07 Å². The molecule has 0 aliphatic carbocycles. The second-order valence-electron chi connectivity index (χ2n) is 5.41. The molecule has 1 atom stereocenters. The van der Waals surface area contributed by atoms with Crippen LogP contribution in [0.15, 0.2) is 29.2 Å². The molecule has 0 aromatic heterocycles. The van der Waals surface area contributed by atoms with Crippen LogP contribution in [-0.2, 0) is 19.9 Å². The summed E-state index contributed by atoms with van der Waals surface area (Å²) >= 11 is 0. The summed E-state index contributed by atoms with van der Waals surface area (Å²) in [7, 11) is -6.93. The molecule has 1 aromatic rings. The number of nitrogens with one attached hydrogen (secondary N) is 2. The second-order valence-corrected chi connectivity index (χ2v) is 9.40. The van der Waals surface area contributed by atoms with Crippen LogP contribution in [0, 0.1) is 11.3 Å². The third kappa shape index (κ3) is 4.77. The normalized spacial score (nSPS) is 19.5. The fourth-order valence-corrected chi connectivity index (χ4v) is 5.06. The van der Waals surface area contributed by atoms with E-state index in [2.05, 4.69) is 10.0 Å². The first kappa shape index (κ1) is 18.4. The number of rotatable bonds is 6. The van der Waals surface area contributed by atoms with Gasteiger partial charge in [0.1, 0.15) is 0 Å². The molecule has 2 N–H and O–H groups in total. The third-order valence-electron chi connectivity index (χ3n) is 3.50. The van der Waals surface area contributed by atoms with Gasteiger partial charge in [0.05, 0.1) is 22.5 Å². The van der Waals surface area contributed by atoms with Gasteiger partial charge in [-0.05, 0) is 24.6 Å². The Hall–Kier alpha value is -1.96. The number of nitrogens with zero attached hydrogens (tertiary/aromatic N) is 1. The van der Waals surface area contributed by atoms with E-state index in [9.17, 15) is 21.6 Å². The van der Waals surface area contributed by atoms with Crippen LogP contribution < -0.4 is 10.0 Å². The summed E-state index contributed by atoms with van der Waals surface area (Å²) in [6.45, 7) is -0.0187. The zero-order chi connectivity index (χ0) is 17.8. The summed E-state index contributed by atoms with van der Waals surface area (Å²) in [6.07, 6.45) is 0.386. The van der Waals surface area contributed by atoms with Gasteiger partial charge in [-0.15, -0.1) is 0 Å². The second kappa shape index (κ2) is 7.29. The number of carbonyl (C=O) groups excluding carboxylic acids is 1. The number of hydrogen-bond acceptors (Lipinski definition) is 6. The van der Waals surface area contributed by atoms with Gasteiger partial charge < -0.3 is 5.32 Å². The molecular weight excluding hydrogens is 354 g/mol. The lowest BCUT2D eigenvalue weighted by molar-refractivity contribution is 0.0941. The Balaban J connectivity index is 2.10. The molecule has 1 amide bonds. The molecule has 1 aliphatic heterocycles. The molecule has 1 saturated heterocycles. The predicted molar refractivity (Wildman–Crippen MR) is 86.4 cm³/mol. The van der Waals surface area contributed by atoms with E-state index in [1.54, 1.807) is 0 Å². The van der Waals surface area contributed by atoms with Gasteiger partial charge >= 0.3 is 0 Å². The highest BCUT2D eigenvalue weighted by molar-refractivity contribution is 7.91. The quantitative estimate of drug-likeness (QED) is 0.665. The van der Waals surface area contributed by atoms with Crippen molar-refractivity contribution in [1.82, 2.24) is 10.0 Å². The SMILES string of the molecule is N#CCCNS(=O)(=O)c1cccc(C(=O)N[C@@H]2CCS(=O)(=O)C2)c1. The lowest BCUT2D eigenvalue weighted by Crippen LogP contribution is -2.35. The van der Waals surface area contributed by atoms with Crippen molar-refractivity contribution in [3.63, 3.8) is 0 Å². The fraction of sp³-hybridized carbons (Fsp3) is 0.429. The van der Waals surface area contributed by atoms with Crippen molar-refractivity contribution in [2.24, 2.45) is 0 Å². The smallest absolute Gasteiger partial charge is 0.251 e. The van der Waals surface area contributed by atoms with Crippen molar-refractivity contribution in [3.05, 3.63) is 29.8 Å². The van der Waals surface area contributed by atoms with Crippen LogP contribution in [0.3, 0.4) is 0 Å². The number of nitriles is 1. The molecule has 8 nitrogen and oxygen atoms in total. The van der Waals surface area contributed by atoms with Crippen molar-refractivity contribution in [2.75, 3.05) is 18.1 Å². The number of carbonyl (C=O) groups is 1. The van der Waals surface area contributed by atoms with E-state index in [1.165, 1.54) is 24.3 Å². The molecule has 130 valence electrons. The molecule has 1 heterocycles. The van der Waals surface area contributed by atoms with E-state index < -0.39 is 31.8 Å². The molecule has 24 heavy (non-hydrogen) atoms. The molecular formula is C14H17N3O5S2. The Morgan fingerprint density at radius 2 is 2.12 bits per heavy atom. The summed E-state index contributed by atoms with van der Waals surface area (Å²) < 4.78 is 49.2. The number of sulfone groups is 1. The van der Waals surface area contributed by atoms with Gasteiger partial charge in [-0.25, -0.2) is 21.6 Å². The number of sulfonamides is 1. The molecule has 1 aliphatic rings. The minimum Gasteiger partial charge on any atom is -0.348 e. The van der Waals surface area contributed by atoms with Crippen molar-refractivity contribution in [1.29, 1.82) is 5.26 Å². The lowest BCUT2D eigenvalue weighted by Gasteiger charge is -2.12. The predicted octanol–water partition coefficient (Wildman–Crippen LogP) is -0.205. The largest absolute Gasteiger partial charge is 0.348 e. The Bertz CT molecular complexity index is 872. The zero-order valence-corrected chi connectivity index (χ0v) is 14.4. The van der Waals surface area contributed by atoms with Gasteiger partial charge in [0.25, 0.3) is 5.91 Å². The first-order valence-electron chi connectivity index (χ1n) is 7.21. The van der Waals surface area contributed by atoms with Crippen LogP contribution in [0.4, 0.5) is 0 Å². The maximum absolute atomic E-state index is 12.2. The van der Waals surface area contributed by atoms with Gasteiger partial charge in [0.2, 0.25) is 10.0 Å². The van der Waals surface area contributed by atoms with E-state index >= 15 is 0 Å². The number of amides is 1. The topological polar surface area (TPSA) is 133 Å². The summed E-state index contributed by atoms with van der Waals surface area (Å²) in [5, 5.41) is 11.0. The molecule has 0 saturated carbocycles. The van der Waals surface area contributed by atoms with Gasteiger partial charge in [-0.1, -0.05) is 6.07 Å². The standard InChI is InChI=1S/C14H17N3O5S2/c15-6-2-7-16-24(21,22)13-4-1-3-11(9-13)14(18)17-12-5-8-23(19,20)10-12/h1,3-4,9,12,16H,2,5,7-8,10H2,(H,17,18)/t12-/m1/s1. The van der Waals surface area contributed by atoms with Gasteiger partial charge in [-0.2, -0.15) is 5.26 Å². The first-order chi connectivity index (χ1) is 11.2. The third-order valence-corrected chi connectivity index (χ3v) is 6.73. The van der Waals surface area contributed by atoms with E-state index in [1.807, 2.05) is 6.07 Å². The summed E-state index contributed by atoms with van der Waals surface area (Å²) in [4.78, 5) is 12.1. The maximum Gasteiger partial charge on any atom is 0.251 e. The van der Waals surface area contributed by atoms with Crippen LogP contribution in [0.5, 0.6) is 0 Å². The monoisotopic (exact) mass is 371 g/mol. The molecule has 1 fully saturated rings. The zero-order valence-electron chi connectivity index (χ0n) is 12.7. The van der Waals surface area contributed by atoms with E-state index in [4.69, 9.17) is 5.26 Å². The van der Waals surface area contributed by atoms with Crippen LogP contribution in [0.1, 0.15) is 23.2 Å². The highest BCUT2D eigenvalue weighted by atomic mass is 32.2. The van der Waals surface area contributed by atoms with Crippen molar-refractivity contribution < 1.29 is 21.6 Å². The molecule has 2 rings (SSSR count). The molecule has 0 radical (unpaired) electrons. The fourth-order valence-electron chi connectivity index (χ4n) is 2.31. The van der Waals surface area contributed by atoms with Gasteiger partial charge in [-0.3, -0.25) is 4.79 Å². The summed E-state index contributed by atoms with van der Waals surface area (Å²) in [5.74, 6) is -0.590. The van der Waals surface area contributed by atoms with Gasteiger partial charge in [0.15, 0.2) is 9.84 Å². The van der Waals surface area contributed by atoms with Crippen LogP contribution in [-0.4, -0.2) is 46.8 Å².